The lowest BCUT2D eigenvalue weighted by atomic mass is 9.74. The Bertz CT molecular complexity index is 1340. The van der Waals surface area contributed by atoms with Crippen LogP contribution in [0.4, 0.5) is 23.3 Å². The molecule has 0 amide bonds. The highest BCUT2D eigenvalue weighted by Crippen LogP contribution is 2.35. The number of ether oxygens (including phenoxy) is 2. The summed E-state index contributed by atoms with van der Waals surface area (Å²) in [6.07, 6.45) is 1.79. The van der Waals surface area contributed by atoms with Gasteiger partial charge in [0.2, 0.25) is 5.95 Å². The SMILES string of the molecule is S=C(NCC1(c2cccc(Cl)c2)CCOCC1)Nc1nc(N2CCOCC2)cc(N2CCN(c3ccccc3)CC2)n1. The van der Waals surface area contributed by atoms with Crippen molar-refractivity contribution < 1.29 is 9.47 Å². The Kier molecular flexibility index (Phi) is 9.24. The standard InChI is InChI=1S/C31H38ClN7O2S/c32-25-6-4-5-24(21-25)31(9-17-40-18-10-31)23-33-30(42)36-29-34-27(22-28(35-29)39-15-19-41-20-16-39)38-13-11-37(12-14-38)26-7-2-1-3-8-26/h1-8,21-22H,9-20,23H2,(H2,33,34,35,36,42). The van der Waals surface area contributed by atoms with Crippen LogP contribution in [0.2, 0.25) is 5.02 Å². The highest BCUT2D eigenvalue weighted by atomic mass is 35.5. The molecule has 42 heavy (non-hydrogen) atoms. The van der Waals surface area contributed by atoms with Gasteiger partial charge >= 0.3 is 0 Å². The largest absolute Gasteiger partial charge is 0.381 e. The molecule has 2 N–H and O–H groups in total. The van der Waals surface area contributed by atoms with Gasteiger partial charge in [-0.3, -0.25) is 0 Å². The van der Waals surface area contributed by atoms with Crippen LogP contribution in [-0.2, 0) is 14.9 Å². The average molecular weight is 608 g/mol. The zero-order chi connectivity index (χ0) is 28.8. The number of benzene rings is 2. The molecule has 9 nitrogen and oxygen atoms in total. The van der Waals surface area contributed by atoms with Crippen molar-refractivity contribution >= 4 is 52.2 Å². The van der Waals surface area contributed by atoms with E-state index in [9.17, 15) is 0 Å². The summed E-state index contributed by atoms with van der Waals surface area (Å²) in [5.41, 5.74) is 2.35. The van der Waals surface area contributed by atoms with Crippen LogP contribution in [0, 0.1) is 0 Å². The first-order chi connectivity index (χ1) is 20.6. The molecule has 222 valence electrons. The van der Waals surface area contributed by atoms with Gasteiger partial charge in [0.05, 0.1) is 13.2 Å². The van der Waals surface area contributed by atoms with Crippen LogP contribution in [0.3, 0.4) is 0 Å². The van der Waals surface area contributed by atoms with Crippen molar-refractivity contribution in [2.24, 2.45) is 0 Å². The number of anilines is 4. The Morgan fingerprint density at radius 2 is 1.43 bits per heavy atom. The Morgan fingerprint density at radius 3 is 2.12 bits per heavy atom. The van der Waals surface area contributed by atoms with Gasteiger partial charge in [0, 0.05) is 81.2 Å². The number of nitrogens with one attached hydrogen (secondary N) is 2. The summed E-state index contributed by atoms with van der Waals surface area (Å²) in [4.78, 5) is 16.8. The van der Waals surface area contributed by atoms with E-state index >= 15 is 0 Å². The average Bonchev–Trinajstić information content (AvgIpc) is 3.05. The third kappa shape index (κ3) is 6.89. The topological polar surface area (TPSA) is 78.0 Å². The number of hydrogen-bond acceptors (Lipinski definition) is 8. The molecule has 11 heteroatoms. The summed E-state index contributed by atoms with van der Waals surface area (Å²) in [5, 5.41) is 8.01. The van der Waals surface area contributed by atoms with Gasteiger partial charge in [0.15, 0.2) is 5.11 Å². The number of piperazine rings is 1. The predicted molar refractivity (Wildman–Crippen MR) is 173 cm³/mol. The molecule has 6 rings (SSSR count). The molecular weight excluding hydrogens is 570 g/mol. The van der Waals surface area contributed by atoms with Gasteiger partial charge in [-0.25, -0.2) is 0 Å². The van der Waals surface area contributed by atoms with Crippen LogP contribution < -0.4 is 25.3 Å². The van der Waals surface area contributed by atoms with E-state index in [0.29, 0.717) is 44.0 Å². The normalized spacial score (nSPS) is 18.9. The fourth-order valence-corrected chi connectivity index (χ4v) is 6.32. The van der Waals surface area contributed by atoms with E-state index in [1.807, 2.05) is 12.1 Å². The van der Waals surface area contributed by atoms with Crippen molar-refractivity contribution in [3.05, 3.63) is 71.2 Å². The maximum atomic E-state index is 6.37. The Labute approximate surface area is 258 Å². The molecule has 3 saturated heterocycles. The Morgan fingerprint density at radius 1 is 0.786 bits per heavy atom. The van der Waals surface area contributed by atoms with Gasteiger partial charge in [0.1, 0.15) is 11.6 Å². The van der Waals surface area contributed by atoms with E-state index < -0.39 is 0 Å². The summed E-state index contributed by atoms with van der Waals surface area (Å²) in [7, 11) is 0. The summed E-state index contributed by atoms with van der Waals surface area (Å²) in [6, 6.07) is 20.8. The number of halogens is 1. The van der Waals surface area contributed by atoms with E-state index in [2.05, 4.69) is 73.9 Å². The van der Waals surface area contributed by atoms with Crippen LogP contribution in [0.5, 0.6) is 0 Å². The molecule has 0 saturated carbocycles. The first-order valence-corrected chi connectivity index (χ1v) is 15.5. The molecule has 2 aromatic carbocycles. The molecule has 3 aromatic rings. The molecule has 4 heterocycles. The molecule has 3 aliphatic rings. The zero-order valence-corrected chi connectivity index (χ0v) is 25.4. The van der Waals surface area contributed by atoms with E-state index in [4.69, 9.17) is 43.3 Å². The van der Waals surface area contributed by atoms with E-state index in [-0.39, 0.29) is 5.41 Å². The summed E-state index contributed by atoms with van der Waals surface area (Å²) < 4.78 is 11.3. The van der Waals surface area contributed by atoms with Crippen LogP contribution >= 0.6 is 23.8 Å². The maximum absolute atomic E-state index is 6.37. The first kappa shape index (κ1) is 28.9. The third-order valence-electron chi connectivity index (χ3n) is 8.46. The minimum Gasteiger partial charge on any atom is -0.381 e. The predicted octanol–water partition coefficient (Wildman–Crippen LogP) is 4.33. The molecule has 1 aromatic heterocycles. The van der Waals surface area contributed by atoms with Crippen molar-refractivity contribution in [1.82, 2.24) is 15.3 Å². The minimum atomic E-state index is -0.116. The maximum Gasteiger partial charge on any atom is 0.232 e. The fourth-order valence-electron chi connectivity index (χ4n) is 5.97. The first-order valence-electron chi connectivity index (χ1n) is 14.7. The number of para-hydroxylation sites is 1. The van der Waals surface area contributed by atoms with Gasteiger partial charge in [-0.05, 0) is 54.9 Å². The molecule has 0 aliphatic carbocycles. The Hall–Kier alpha value is -3.18. The van der Waals surface area contributed by atoms with Crippen molar-refractivity contribution in [2.75, 3.05) is 92.3 Å². The number of rotatable bonds is 7. The van der Waals surface area contributed by atoms with E-state index in [1.165, 1.54) is 11.3 Å². The smallest absolute Gasteiger partial charge is 0.232 e. The van der Waals surface area contributed by atoms with Crippen LogP contribution in [-0.4, -0.2) is 87.3 Å². The number of thiocarbonyl (C=S) groups is 1. The zero-order valence-electron chi connectivity index (χ0n) is 23.8. The molecule has 0 bridgehead atoms. The van der Waals surface area contributed by atoms with Crippen LogP contribution in [0.25, 0.3) is 0 Å². The van der Waals surface area contributed by atoms with E-state index in [1.54, 1.807) is 0 Å². The highest BCUT2D eigenvalue weighted by molar-refractivity contribution is 7.80. The Balaban J connectivity index is 1.17. The van der Waals surface area contributed by atoms with Crippen molar-refractivity contribution in [3.63, 3.8) is 0 Å². The van der Waals surface area contributed by atoms with Crippen molar-refractivity contribution in [3.8, 4) is 0 Å². The number of morpholine rings is 1. The second-order valence-corrected chi connectivity index (χ2v) is 11.9. The quantitative estimate of drug-likeness (QED) is 0.379. The summed E-state index contributed by atoms with van der Waals surface area (Å²) in [6.45, 7) is 8.66. The van der Waals surface area contributed by atoms with Crippen molar-refractivity contribution in [2.45, 2.75) is 18.3 Å². The molecule has 0 atom stereocenters. The van der Waals surface area contributed by atoms with E-state index in [0.717, 1.165) is 68.8 Å². The molecular formula is C31H38ClN7O2S. The molecule has 3 fully saturated rings. The van der Waals surface area contributed by atoms with Gasteiger partial charge < -0.3 is 34.8 Å². The minimum absolute atomic E-state index is 0.116. The summed E-state index contributed by atoms with van der Waals surface area (Å²) in [5.74, 6) is 2.30. The number of hydrogen-bond donors (Lipinski definition) is 2. The monoisotopic (exact) mass is 607 g/mol. The van der Waals surface area contributed by atoms with Gasteiger partial charge in [-0.1, -0.05) is 41.9 Å². The van der Waals surface area contributed by atoms with Crippen LogP contribution in [0.1, 0.15) is 18.4 Å². The number of aromatic nitrogens is 2. The summed E-state index contributed by atoms with van der Waals surface area (Å²) >= 11 is 12.2. The van der Waals surface area contributed by atoms with Gasteiger partial charge in [0.25, 0.3) is 0 Å². The highest BCUT2D eigenvalue weighted by Gasteiger charge is 2.35. The second-order valence-electron chi connectivity index (χ2n) is 11.0. The number of nitrogens with zero attached hydrogens (tertiary/aromatic N) is 5. The lowest BCUT2D eigenvalue weighted by Gasteiger charge is -2.38. The van der Waals surface area contributed by atoms with Crippen LogP contribution in [0.15, 0.2) is 60.7 Å². The fraction of sp³-hybridized carbons (Fsp3) is 0.452. The van der Waals surface area contributed by atoms with Gasteiger partial charge in [-0.2, -0.15) is 9.97 Å². The molecule has 0 spiro atoms. The molecule has 0 radical (unpaired) electrons. The third-order valence-corrected chi connectivity index (χ3v) is 8.94. The molecule has 0 unspecified atom stereocenters. The van der Waals surface area contributed by atoms with Crippen molar-refractivity contribution in [1.29, 1.82) is 0 Å². The lowest BCUT2D eigenvalue weighted by molar-refractivity contribution is 0.0515. The van der Waals surface area contributed by atoms with Gasteiger partial charge in [-0.15, -0.1) is 0 Å². The second kappa shape index (κ2) is 13.4. The molecule has 3 aliphatic heterocycles. The lowest BCUT2D eigenvalue weighted by Crippen LogP contribution is -2.47.